The number of anilines is 1. The SMILES string of the molecule is c1ccc(-c2cccc3c2oc2ccc4c(c23)SC(n2c3ccccc3c3cc5c(cc32)sc2ccccc25)N4)cc1. The van der Waals surface area contributed by atoms with Gasteiger partial charge in [0.25, 0.3) is 0 Å². The van der Waals surface area contributed by atoms with Gasteiger partial charge in [0, 0.05) is 52.2 Å². The van der Waals surface area contributed by atoms with E-state index in [4.69, 9.17) is 4.42 Å². The number of benzene rings is 6. The molecule has 5 heteroatoms. The maximum absolute atomic E-state index is 6.56. The van der Waals surface area contributed by atoms with E-state index >= 15 is 0 Å². The van der Waals surface area contributed by atoms with Crippen molar-refractivity contribution in [1.82, 2.24) is 4.57 Å². The van der Waals surface area contributed by atoms with Gasteiger partial charge in [0.05, 0.1) is 16.7 Å². The molecule has 1 aliphatic heterocycles. The highest BCUT2D eigenvalue weighted by molar-refractivity contribution is 8.00. The monoisotopic (exact) mass is 574 g/mol. The molecule has 42 heavy (non-hydrogen) atoms. The minimum absolute atomic E-state index is 0.0158. The highest BCUT2D eigenvalue weighted by Gasteiger charge is 2.30. The molecule has 0 aliphatic carbocycles. The van der Waals surface area contributed by atoms with Crippen LogP contribution in [0.4, 0.5) is 5.69 Å². The molecule has 1 atom stereocenters. The molecule has 0 bridgehead atoms. The molecule has 3 aromatic heterocycles. The fourth-order valence-corrected chi connectivity index (χ4v) is 9.25. The molecule has 0 saturated heterocycles. The van der Waals surface area contributed by atoms with E-state index in [1.54, 1.807) is 0 Å². The van der Waals surface area contributed by atoms with Gasteiger partial charge in [-0.15, -0.1) is 11.3 Å². The van der Waals surface area contributed by atoms with Crippen LogP contribution >= 0.6 is 23.1 Å². The standard InChI is InChI=1S/C37H22N2OS2/c1-2-9-21(10-3-1)22-13-8-14-25-34-31(40-35(22)25)18-17-28-36(34)42-37(38-28)39-29-15-6-4-11-23(29)26-19-27-24-12-5-7-16-32(24)41-33(27)20-30(26)39/h1-20,37-38H. The minimum atomic E-state index is 0.0158. The lowest BCUT2D eigenvalue weighted by molar-refractivity contribution is 0.669. The van der Waals surface area contributed by atoms with Crippen LogP contribution in [0.25, 0.3) is 75.0 Å². The van der Waals surface area contributed by atoms with Gasteiger partial charge in [-0.05, 0) is 42.0 Å². The van der Waals surface area contributed by atoms with Gasteiger partial charge >= 0.3 is 0 Å². The Labute approximate surface area is 249 Å². The molecular formula is C37H22N2OS2. The van der Waals surface area contributed by atoms with Gasteiger partial charge in [-0.2, -0.15) is 0 Å². The molecule has 0 amide bonds. The molecule has 1 N–H and O–H groups in total. The smallest absolute Gasteiger partial charge is 0.157 e. The molecule has 3 nitrogen and oxygen atoms in total. The summed E-state index contributed by atoms with van der Waals surface area (Å²) >= 11 is 3.76. The van der Waals surface area contributed by atoms with E-state index in [9.17, 15) is 0 Å². The second-order valence-corrected chi connectivity index (χ2v) is 13.1. The zero-order chi connectivity index (χ0) is 27.4. The summed E-state index contributed by atoms with van der Waals surface area (Å²) in [7, 11) is 0. The summed E-state index contributed by atoms with van der Waals surface area (Å²) in [6.45, 7) is 0. The molecule has 4 heterocycles. The number of nitrogens with zero attached hydrogens (tertiary/aromatic N) is 1. The molecule has 0 saturated carbocycles. The van der Waals surface area contributed by atoms with E-state index in [2.05, 4.69) is 131 Å². The van der Waals surface area contributed by atoms with Crippen molar-refractivity contribution in [2.75, 3.05) is 5.32 Å². The third-order valence-corrected chi connectivity index (χ3v) is 11.0. The van der Waals surface area contributed by atoms with Crippen LogP contribution in [-0.4, -0.2) is 4.57 Å². The van der Waals surface area contributed by atoms with Crippen LogP contribution in [0.2, 0.25) is 0 Å². The first kappa shape index (κ1) is 22.9. The second-order valence-electron chi connectivity index (χ2n) is 10.9. The summed E-state index contributed by atoms with van der Waals surface area (Å²) in [6, 6.07) is 43.6. The Bertz CT molecular complexity index is 2540. The molecule has 0 radical (unpaired) electrons. The first-order valence-electron chi connectivity index (χ1n) is 14.1. The van der Waals surface area contributed by atoms with Crippen molar-refractivity contribution in [2.45, 2.75) is 10.4 Å². The van der Waals surface area contributed by atoms with Gasteiger partial charge < -0.3 is 14.3 Å². The number of nitrogens with one attached hydrogen (secondary N) is 1. The number of aromatic nitrogens is 1. The van der Waals surface area contributed by atoms with Crippen molar-refractivity contribution in [2.24, 2.45) is 0 Å². The highest BCUT2D eigenvalue weighted by atomic mass is 32.2. The van der Waals surface area contributed by atoms with E-state index in [1.807, 2.05) is 23.1 Å². The normalized spacial score (nSPS) is 15.0. The van der Waals surface area contributed by atoms with Crippen LogP contribution in [-0.2, 0) is 0 Å². The van der Waals surface area contributed by atoms with Crippen LogP contribution in [0.3, 0.4) is 0 Å². The molecule has 0 fully saturated rings. The number of thiophene rings is 1. The lowest BCUT2D eigenvalue weighted by Gasteiger charge is -2.16. The van der Waals surface area contributed by atoms with Gasteiger partial charge in [0.1, 0.15) is 11.2 Å². The third kappa shape index (κ3) is 3.07. The van der Waals surface area contributed by atoms with Crippen molar-refractivity contribution in [3.05, 3.63) is 121 Å². The third-order valence-electron chi connectivity index (χ3n) is 8.65. The van der Waals surface area contributed by atoms with E-state index in [-0.39, 0.29) is 5.50 Å². The zero-order valence-electron chi connectivity index (χ0n) is 22.3. The highest BCUT2D eigenvalue weighted by Crippen LogP contribution is 2.53. The number of thioether (sulfide) groups is 1. The van der Waals surface area contributed by atoms with Crippen molar-refractivity contribution in [3.63, 3.8) is 0 Å². The number of fused-ring (bicyclic) bond motifs is 11. The average Bonchev–Trinajstić information content (AvgIpc) is 3.79. The van der Waals surface area contributed by atoms with Crippen LogP contribution < -0.4 is 5.32 Å². The van der Waals surface area contributed by atoms with Crippen molar-refractivity contribution >= 4 is 92.7 Å². The number of hydrogen-bond acceptors (Lipinski definition) is 4. The number of furan rings is 1. The predicted octanol–water partition coefficient (Wildman–Crippen LogP) is 11.4. The molecule has 6 aromatic carbocycles. The Morgan fingerprint density at radius 2 is 1.43 bits per heavy atom. The molecule has 10 rings (SSSR count). The Morgan fingerprint density at radius 1 is 0.619 bits per heavy atom. The molecule has 0 spiro atoms. The van der Waals surface area contributed by atoms with Gasteiger partial charge in [0.2, 0.25) is 0 Å². The first-order chi connectivity index (χ1) is 20.8. The van der Waals surface area contributed by atoms with Gasteiger partial charge in [-0.3, -0.25) is 0 Å². The fraction of sp³-hybridized carbons (Fsp3) is 0.0270. The number of para-hydroxylation sites is 2. The fourth-order valence-electron chi connectivity index (χ4n) is 6.80. The number of hydrogen-bond donors (Lipinski definition) is 1. The summed E-state index contributed by atoms with van der Waals surface area (Å²) in [4.78, 5) is 1.25. The van der Waals surface area contributed by atoms with Crippen LogP contribution in [0, 0.1) is 0 Å². The average molecular weight is 575 g/mol. The summed E-state index contributed by atoms with van der Waals surface area (Å²) in [5.41, 5.74) is 7.83. The Kier molecular flexibility index (Phi) is 4.59. The van der Waals surface area contributed by atoms with Gasteiger partial charge in [-0.25, -0.2) is 0 Å². The predicted molar refractivity (Wildman–Crippen MR) is 180 cm³/mol. The topological polar surface area (TPSA) is 30.1 Å². The molecule has 1 unspecified atom stereocenters. The first-order valence-corrected chi connectivity index (χ1v) is 15.8. The van der Waals surface area contributed by atoms with Crippen molar-refractivity contribution in [1.29, 1.82) is 0 Å². The number of rotatable bonds is 2. The largest absolute Gasteiger partial charge is 0.455 e. The van der Waals surface area contributed by atoms with Crippen molar-refractivity contribution in [3.8, 4) is 11.1 Å². The molecule has 198 valence electrons. The zero-order valence-corrected chi connectivity index (χ0v) is 23.9. The van der Waals surface area contributed by atoms with Crippen LogP contribution in [0.5, 0.6) is 0 Å². The maximum Gasteiger partial charge on any atom is 0.157 e. The Balaban J connectivity index is 1.18. The van der Waals surface area contributed by atoms with E-state index < -0.39 is 0 Å². The Hall–Kier alpha value is -4.71. The van der Waals surface area contributed by atoms with Crippen LogP contribution in [0.1, 0.15) is 5.50 Å². The lowest BCUT2D eigenvalue weighted by Crippen LogP contribution is -2.10. The van der Waals surface area contributed by atoms with Gasteiger partial charge in [-0.1, -0.05) is 96.7 Å². The maximum atomic E-state index is 6.56. The minimum Gasteiger partial charge on any atom is -0.455 e. The van der Waals surface area contributed by atoms with Gasteiger partial charge in [0.15, 0.2) is 5.50 Å². The Morgan fingerprint density at radius 3 is 2.36 bits per heavy atom. The summed E-state index contributed by atoms with van der Waals surface area (Å²) < 4.78 is 11.7. The van der Waals surface area contributed by atoms with Crippen molar-refractivity contribution < 1.29 is 4.42 Å². The quantitative estimate of drug-likeness (QED) is 0.223. The second kappa shape index (κ2) is 8.41. The van der Waals surface area contributed by atoms with Crippen LogP contribution in [0.15, 0.2) is 131 Å². The summed E-state index contributed by atoms with van der Waals surface area (Å²) in [6.07, 6.45) is 0. The summed E-state index contributed by atoms with van der Waals surface area (Å²) in [5.74, 6) is 0. The van der Waals surface area contributed by atoms with E-state index in [0.29, 0.717) is 0 Å². The molecule has 9 aromatic rings. The van der Waals surface area contributed by atoms with E-state index in [1.165, 1.54) is 57.8 Å². The van der Waals surface area contributed by atoms with E-state index in [0.717, 1.165) is 27.8 Å². The molecular weight excluding hydrogens is 553 g/mol. The summed E-state index contributed by atoms with van der Waals surface area (Å²) in [5, 5.41) is 11.5. The lowest BCUT2D eigenvalue weighted by atomic mass is 10.0. The molecule has 1 aliphatic rings.